The highest BCUT2D eigenvalue weighted by Gasteiger charge is 2.20. The smallest absolute Gasteiger partial charge is 0.137 e. The van der Waals surface area contributed by atoms with Gasteiger partial charge in [-0.05, 0) is 52.5 Å². The van der Waals surface area contributed by atoms with Crippen LogP contribution in [-0.2, 0) is 13.1 Å². The normalized spacial score (nSPS) is 14.8. The van der Waals surface area contributed by atoms with E-state index >= 15 is 0 Å². The molecular formula is C15H16BrFN2. The predicted molar refractivity (Wildman–Crippen MR) is 77.5 cm³/mol. The van der Waals surface area contributed by atoms with Crippen LogP contribution >= 0.6 is 15.9 Å². The number of halogens is 2. The molecule has 3 rings (SSSR count). The number of nitrogens with zero attached hydrogens (tertiary/aromatic N) is 1. The highest BCUT2D eigenvalue weighted by Crippen LogP contribution is 2.23. The van der Waals surface area contributed by atoms with Gasteiger partial charge in [-0.15, -0.1) is 0 Å². The summed E-state index contributed by atoms with van der Waals surface area (Å²) in [7, 11) is 0. The minimum atomic E-state index is -0.206. The van der Waals surface area contributed by atoms with Crippen LogP contribution in [0.5, 0.6) is 0 Å². The molecule has 2 nitrogen and oxygen atoms in total. The summed E-state index contributed by atoms with van der Waals surface area (Å²) in [5.74, 6) is -0.206. The Hall–Kier alpha value is -1.13. The van der Waals surface area contributed by atoms with Gasteiger partial charge >= 0.3 is 0 Å². The quantitative estimate of drug-likeness (QED) is 0.888. The summed E-state index contributed by atoms with van der Waals surface area (Å²) in [5, 5.41) is 3.50. The molecule has 1 N–H and O–H groups in total. The molecule has 0 bridgehead atoms. The van der Waals surface area contributed by atoms with Gasteiger partial charge in [0.2, 0.25) is 0 Å². The van der Waals surface area contributed by atoms with E-state index in [0.717, 1.165) is 12.1 Å². The molecule has 1 aliphatic carbocycles. The Kier molecular flexibility index (Phi) is 3.71. The van der Waals surface area contributed by atoms with Crippen molar-refractivity contribution in [3.8, 4) is 0 Å². The Bertz CT molecular complexity index is 575. The fourth-order valence-electron chi connectivity index (χ4n) is 2.15. The van der Waals surface area contributed by atoms with Crippen LogP contribution in [-0.4, -0.2) is 10.6 Å². The van der Waals surface area contributed by atoms with E-state index < -0.39 is 0 Å². The minimum absolute atomic E-state index is 0.206. The fraction of sp³-hybridized carbons (Fsp3) is 0.333. The summed E-state index contributed by atoms with van der Waals surface area (Å²) in [4.78, 5) is 0. The Labute approximate surface area is 120 Å². The van der Waals surface area contributed by atoms with Gasteiger partial charge in [-0.1, -0.05) is 12.1 Å². The molecule has 0 atom stereocenters. The van der Waals surface area contributed by atoms with E-state index in [1.54, 1.807) is 6.07 Å². The summed E-state index contributed by atoms with van der Waals surface area (Å²) in [6.45, 7) is 1.57. The van der Waals surface area contributed by atoms with Crippen LogP contribution in [0.3, 0.4) is 0 Å². The summed E-state index contributed by atoms with van der Waals surface area (Å²) < 4.78 is 16.2. The van der Waals surface area contributed by atoms with Crippen molar-refractivity contribution in [1.82, 2.24) is 9.88 Å². The summed E-state index contributed by atoms with van der Waals surface area (Å²) in [6, 6.07) is 10.0. The van der Waals surface area contributed by atoms with Crippen LogP contribution < -0.4 is 5.32 Å². The van der Waals surface area contributed by atoms with E-state index in [-0.39, 0.29) is 5.82 Å². The molecule has 0 spiro atoms. The molecule has 0 unspecified atom stereocenters. The van der Waals surface area contributed by atoms with Gasteiger partial charge in [0, 0.05) is 31.0 Å². The van der Waals surface area contributed by atoms with Gasteiger partial charge in [0.25, 0.3) is 0 Å². The number of benzene rings is 1. The minimum Gasteiger partial charge on any atom is -0.346 e. The first-order chi connectivity index (χ1) is 9.24. The van der Waals surface area contributed by atoms with Gasteiger partial charge in [-0.25, -0.2) is 4.39 Å². The van der Waals surface area contributed by atoms with Gasteiger partial charge in [0.05, 0.1) is 4.47 Å². The number of hydrogen-bond donors (Lipinski definition) is 1. The SMILES string of the molecule is Fc1cccc(Cn2cccc2CNC2CC2)c1Br. The first-order valence-electron chi connectivity index (χ1n) is 6.54. The van der Waals surface area contributed by atoms with Crippen LogP contribution in [0.2, 0.25) is 0 Å². The van der Waals surface area contributed by atoms with Crippen molar-refractivity contribution in [2.45, 2.75) is 32.0 Å². The maximum Gasteiger partial charge on any atom is 0.137 e. The van der Waals surface area contributed by atoms with Crippen molar-refractivity contribution in [3.63, 3.8) is 0 Å². The van der Waals surface area contributed by atoms with Crippen LogP contribution in [0.4, 0.5) is 4.39 Å². The van der Waals surface area contributed by atoms with Gasteiger partial charge in [-0.3, -0.25) is 0 Å². The molecule has 1 aromatic heterocycles. The second-order valence-electron chi connectivity index (χ2n) is 5.00. The standard InChI is InChI=1S/C15H16BrFN2/c16-15-11(3-1-5-14(15)17)10-19-8-2-4-13(19)9-18-12-6-7-12/h1-5,8,12,18H,6-7,9-10H2. The van der Waals surface area contributed by atoms with Crippen LogP contribution in [0.25, 0.3) is 0 Å². The van der Waals surface area contributed by atoms with Crippen molar-refractivity contribution in [2.24, 2.45) is 0 Å². The average Bonchev–Trinajstić information content (AvgIpc) is 3.13. The molecule has 1 saturated carbocycles. The first-order valence-corrected chi connectivity index (χ1v) is 7.33. The van der Waals surface area contributed by atoms with Gasteiger partial charge in [0.15, 0.2) is 0 Å². The van der Waals surface area contributed by atoms with Gasteiger partial charge < -0.3 is 9.88 Å². The lowest BCUT2D eigenvalue weighted by molar-refractivity contribution is 0.609. The molecule has 0 saturated heterocycles. The largest absolute Gasteiger partial charge is 0.346 e. The van der Waals surface area contributed by atoms with Crippen molar-refractivity contribution < 1.29 is 4.39 Å². The maximum atomic E-state index is 13.5. The molecule has 1 aromatic carbocycles. The molecule has 1 aliphatic rings. The predicted octanol–water partition coefficient (Wildman–Crippen LogP) is 3.69. The van der Waals surface area contributed by atoms with Crippen molar-refractivity contribution >= 4 is 15.9 Å². The lowest BCUT2D eigenvalue weighted by Gasteiger charge is -2.11. The van der Waals surface area contributed by atoms with Crippen LogP contribution in [0.1, 0.15) is 24.1 Å². The number of hydrogen-bond acceptors (Lipinski definition) is 1. The Morgan fingerprint density at radius 3 is 2.89 bits per heavy atom. The summed E-state index contributed by atoms with van der Waals surface area (Å²) in [6.07, 6.45) is 4.62. The first kappa shape index (κ1) is 12.9. The molecule has 2 aromatic rings. The maximum absolute atomic E-state index is 13.5. The zero-order valence-electron chi connectivity index (χ0n) is 10.6. The molecular weight excluding hydrogens is 307 g/mol. The third-order valence-electron chi connectivity index (χ3n) is 3.45. The Morgan fingerprint density at radius 2 is 2.11 bits per heavy atom. The van der Waals surface area contributed by atoms with E-state index in [0.29, 0.717) is 17.1 Å². The molecule has 1 heterocycles. The third kappa shape index (κ3) is 3.07. The van der Waals surface area contributed by atoms with Crippen molar-refractivity contribution in [2.75, 3.05) is 0 Å². The van der Waals surface area contributed by atoms with Gasteiger partial charge in [0.1, 0.15) is 5.82 Å². The number of aromatic nitrogens is 1. The Balaban J connectivity index is 1.75. The fourth-order valence-corrected chi connectivity index (χ4v) is 2.54. The van der Waals surface area contributed by atoms with Crippen LogP contribution in [0.15, 0.2) is 41.0 Å². The average molecular weight is 323 g/mol. The summed E-state index contributed by atoms with van der Waals surface area (Å²) in [5.41, 5.74) is 2.20. The van der Waals surface area contributed by atoms with Crippen molar-refractivity contribution in [3.05, 3.63) is 58.1 Å². The molecule has 0 aliphatic heterocycles. The highest BCUT2D eigenvalue weighted by molar-refractivity contribution is 9.10. The number of rotatable bonds is 5. The Morgan fingerprint density at radius 1 is 1.26 bits per heavy atom. The van der Waals surface area contributed by atoms with E-state index in [1.165, 1.54) is 24.6 Å². The molecule has 1 fully saturated rings. The molecule has 4 heteroatoms. The molecule has 0 radical (unpaired) electrons. The van der Waals surface area contributed by atoms with E-state index in [9.17, 15) is 4.39 Å². The van der Waals surface area contributed by atoms with Crippen molar-refractivity contribution in [1.29, 1.82) is 0 Å². The summed E-state index contributed by atoms with van der Waals surface area (Å²) >= 11 is 3.32. The van der Waals surface area contributed by atoms with Gasteiger partial charge in [-0.2, -0.15) is 0 Å². The van der Waals surface area contributed by atoms with E-state index in [2.05, 4.69) is 31.9 Å². The third-order valence-corrected chi connectivity index (χ3v) is 4.33. The molecule has 0 amide bonds. The highest BCUT2D eigenvalue weighted by atomic mass is 79.9. The zero-order chi connectivity index (χ0) is 13.2. The topological polar surface area (TPSA) is 17.0 Å². The second-order valence-corrected chi connectivity index (χ2v) is 5.79. The number of nitrogens with one attached hydrogen (secondary N) is 1. The lowest BCUT2D eigenvalue weighted by atomic mass is 10.2. The van der Waals surface area contributed by atoms with E-state index in [1.807, 2.05) is 18.3 Å². The monoisotopic (exact) mass is 322 g/mol. The zero-order valence-corrected chi connectivity index (χ0v) is 12.2. The molecule has 19 heavy (non-hydrogen) atoms. The lowest BCUT2D eigenvalue weighted by Crippen LogP contribution is -2.18. The van der Waals surface area contributed by atoms with Crippen LogP contribution in [0, 0.1) is 5.82 Å². The second kappa shape index (κ2) is 5.47. The molecule has 100 valence electrons. The van der Waals surface area contributed by atoms with E-state index in [4.69, 9.17) is 0 Å².